The molecule has 0 N–H and O–H groups in total. The quantitative estimate of drug-likeness (QED) is 0.0234. The molecule has 1 saturated carbocycles. The maximum atomic E-state index is 12.6. The van der Waals surface area contributed by atoms with E-state index in [1.165, 1.54) is 166 Å². The molecule has 5 rings (SSSR count). The van der Waals surface area contributed by atoms with E-state index in [-0.39, 0.29) is 108 Å². The van der Waals surface area contributed by atoms with Crippen molar-refractivity contribution in [2.24, 2.45) is 0 Å². The molecular weight excluding hydrogens is 1040 g/mol. The Morgan fingerprint density at radius 2 is 0.667 bits per heavy atom. The van der Waals surface area contributed by atoms with Crippen molar-refractivity contribution in [3.8, 4) is 11.5 Å². The van der Waals surface area contributed by atoms with Gasteiger partial charge in [0.1, 0.15) is 26.7 Å². The number of ether oxygens (including phenoxy) is 2. The summed E-state index contributed by atoms with van der Waals surface area (Å²) < 4.78 is 47.8. The number of benzene rings is 2. The van der Waals surface area contributed by atoms with Gasteiger partial charge in [-0.3, -0.25) is 19.9 Å². The molecule has 12 nitrogen and oxygen atoms in total. The minimum atomic E-state index is -4.14. The van der Waals surface area contributed by atoms with E-state index in [1.54, 1.807) is 26.2 Å². The number of hydrogen-bond acceptors (Lipinski definition) is 12. The van der Waals surface area contributed by atoms with E-state index in [9.17, 15) is 18.9 Å². The molecule has 0 bridgehead atoms. The summed E-state index contributed by atoms with van der Waals surface area (Å²) in [4.78, 5) is 44.2. The van der Waals surface area contributed by atoms with Gasteiger partial charge in [-0.1, -0.05) is 205 Å². The summed E-state index contributed by atoms with van der Waals surface area (Å²) in [6, 6.07) is 16.8. The SMILES string of the molecule is CCCCCCCCCCCCCCCCOc1ccc(C2C(c3ccc(OCCCCCCCCCCCCCCCC)cc3)C(c3cnc(CP(=O)([O-])OCC)cn3)C2c2cnc(CP(=O)([O-])OCC)cn2)cc1.[Na+].[Na+]. The van der Waals surface area contributed by atoms with Gasteiger partial charge in [-0.15, -0.1) is 0 Å². The molecule has 0 saturated heterocycles. The minimum Gasteiger partial charge on any atom is -0.778 e. The van der Waals surface area contributed by atoms with Crippen LogP contribution in [0.25, 0.3) is 0 Å². The fourth-order valence-corrected chi connectivity index (χ4v) is 13.1. The van der Waals surface area contributed by atoms with E-state index in [4.69, 9.17) is 28.5 Å². The van der Waals surface area contributed by atoms with Crippen molar-refractivity contribution in [2.75, 3.05) is 26.4 Å². The standard InChI is InChI=1S/C62H98N4O8P2.2Na/c1-5-9-11-13-15-17-19-21-23-25-27-29-31-33-43-71-55-39-35-51(36-40-55)59-60(52-37-41-56(42-38-52)72-44-34-32-30-28-26-24-22-20-18-16-14-12-10-6-2)62(58-48-64-54(46-66-58)50-76(69,70)74-8-4)61(59)57-47-63-53(45-65-57)49-75(67,68)73-7-3;;/h35-42,45-48,59-62H,5-34,43-44,49-50H2,1-4H3,(H,67,68)(H,69,70);;/q;2*+1/p-2. The summed E-state index contributed by atoms with van der Waals surface area (Å²) in [5.41, 5.74) is 4.14. The van der Waals surface area contributed by atoms with Crippen LogP contribution in [-0.4, -0.2) is 46.4 Å². The molecule has 16 heteroatoms. The Morgan fingerprint density at radius 3 is 0.923 bits per heavy atom. The molecule has 6 atom stereocenters. The topological polar surface area (TPSA) is 169 Å². The first kappa shape index (κ1) is 70.8. The van der Waals surface area contributed by atoms with Crippen LogP contribution in [0.2, 0.25) is 0 Å². The van der Waals surface area contributed by atoms with E-state index < -0.39 is 15.2 Å². The van der Waals surface area contributed by atoms with Gasteiger partial charge >= 0.3 is 59.1 Å². The van der Waals surface area contributed by atoms with Gasteiger partial charge in [-0.05, 0) is 62.1 Å². The molecule has 4 aromatic rings. The Labute approximate surface area is 516 Å². The van der Waals surface area contributed by atoms with Gasteiger partial charge < -0.3 is 37.4 Å². The van der Waals surface area contributed by atoms with E-state index >= 15 is 0 Å². The summed E-state index contributed by atoms with van der Waals surface area (Å²) in [5.74, 6) is 0.973. The Balaban J connectivity index is 0.00000800. The Bertz CT molecular complexity index is 2070. The monoisotopic (exact) mass is 1130 g/mol. The summed E-state index contributed by atoms with van der Waals surface area (Å²) in [5, 5.41) is 0. The maximum Gasteiger partial charge on any atom is 1.00 e. The summed E-state index contributed by atoms with van der Waals surface area (Å²) in [7, 11) is -8.28. The van der Waals surface area contributed by atoms with Crippen molar-refractivity contribution in [1.82, 2.24) is 19.9 Å². The van der Waals surface area contributed by atoms with Crippen LogP contribution in [0.5, 0.6) is 11.5 Å². The molecule has 1 fully saturated rings. The van der Waals surface area contributed by atoms with Gasteiger partial charge in [-0.25, -0.2) is 0 Å². The second-order valence-corrected chi connectivity index (χ2v) is 25.0. The first-order chi connectivity index (χ1) is 37.1. The van der Waals surface area contributed by atoms with E-state index in [2.05, 4.69) is 72.3 Å². The third-order valence-electron chi connectivity index (χ3n) is 15.1. The molecule has 0 spiro atoms. The fourth-order valence-electron chi connectivity index (χ4n) is 11.0. The Morgan fingerprint density at radius 1 is 0.385 bits per heavy atom. The van der Waals surface area contributed by atoms with Gasteiger partial charge in [0.25, 0.3) is 0 Å². The van der Waals surface area contributed by atoms with E-state index in [0.29, 0.717) is 36.0 Å². The fraction of sp³-hybridized carbons (Fsp3) is 0.677. The largest absolute Gasteiger partial charge is 1.00 e. The molecule has 424 valence electrons. The van der Waals surface area contributed by atoms with Crippen molar-refractivity contribution >= 4 is 15.2 Å². The van der Waals surface area contributed by atoms with Crippen molar-refractivity contribution in [1.29, 1.82) is 0 Å². The van der Waals surface area contributed by atoms with Gasteiger partial charge in [-0.2, -0.15) is 0 Å². The smallest absolute Gasteiger partial charge is 0.778 e. The number of rotatable bonds is 44. The predicted octanol–water partition coefficient (Wildman–Crippen LogP) is 10.6. The Kier molecular flexibility index (Phi) is 37.6. The minimum absolute atomic E-state index is 0. The zero-order chi connectivity index (χ0) is 54.1. The molecule has 2 aromatic heterocycles. The molecule has 0 amide bonds. The summed E-state index contributed by atoms with van der Waals surface area (Å²) in [6.07, 6.45) is 42.4. The van der Waals surface area contributed by atoms with Crippen LogP contribution >= 0.6 is 15.2 Å². The van der Waals surface area contributed by atoms with Crippen molar-refractivity contribution < 1.29 is 96.6 Å². The van der Waals surface area contributed by atoms with Gasteiger partial charge in [0.05, 0.1) is 61.5 Å². The van der Waals surface area contributed by atoms with Crippen LogP contribution in [0.1, 0.15) is 265 Å². The summed E-state index contributed by atoms with van der Waals surface area (Å²) in [6.45, 7) is 9.27. The molecule has 1 aliphatic carbocycles. The van der Waals surface area contributed by atoms with Crippen LogP contribution < -0.4 is 78.4 Å². The molecule has 0 radical (unpaired) electrons. The van der Waals surface area contributed by atoms with Crippen LogP contribution in [0.4, 0.5) is 0 Å². The molecule has 78 heavy (non-hydrogen) atoms. The van der Waals surface area contributed by atoms with Gasteiger partial charge in [0, 0.05) is 48.5 Å². The molecule has 1 aliphatic rings. The first-order valence-electron chi connectivity index (χ1n) is 30.0. The van der Waals surface area contributed by atoms with Crippen molar-refractivity contribution in [3.63, 3.8) is 0 Å². The predicted molar refractivity (Wildman–Crippen MR) is 305 cm³/mol. The second-order valence-electron chi connectivity index (χ2n) is 21.4. The molecule has 2 aromatic carbocycles. The average Bonchev–Trinajstić information content (AvgIpc) is 3.53. The van der Waals surface area contributed by atoms with Gasteiger partial charge in [0.2, 0.25) is 0 Å². The molecule has 6 unspecified atom stereocenters. The van der Waals surface area contributed by atoms with E-state index in [1.807, 2.05) is 0 Å². The van der Waals surface area contributed by atoms with Gasteiger partial charge in [0.15, 0.2) is 0 Å². The average molecular weight is 1130 g/mol. The van der Waals surface area contributed by atoms with Crippen molar-refractivity contribution in [3.05, 3.63) is 107 Å². The summed E-state index contributed by atoms with van der Waals surface area (Å²) >= 11 is 0. The molecular formula is C62H96N4Na2O8P2. The van der Waals surface area contributed by atoms with Crippen LogP contribution in [0.15, 0.2) is 73.3 Å². The maximum absolute atomic E-state index is 12.6. The first-order valence-corrected chi connectivity index (χ1v) is 33.5. The Hall–Kier alpha value is -1.50. The third kappa shape index (κ3) is 26.8. The van der Waals surface area contributed by atoms with Crippen molar-refractivity contribution in [2.45, 2.75) is 243 Å². The number of aromatic nitrogens is 4. The third-order valence-corrected chi connectivity index (χ3v) is 17.8. The van der Waals surface area contributed by atoms with Crippen LogP contribution in [-0.2, 0) is 30.5 Å². The second kappa shape index (κ2) is 41.5. The zero-order valence-electron chi connectivity index (χ0n) is 49.2. The number of unbranched alkanes of at least 4 members (excludes halogenated alkanes) is 26. The zero-order valence-corrected chi connectivity index (χ0v) is 55.0. The number of hydrogen-bond donors (Lipinski definition) is 0. The molecule has 2 heterocycles. The van der Waals surface area contributed by atoms with Crippen LogP contribution in [0, 0.1) is 0 Å². The number of nitrogens with zero attached hydrogens (tertiary/aromatic N) is 4. The normalized spacial score (nSPS) is 17.5. The van der Waals surface area contributed by atoms with Crippen LogP contribution in [0.3, 0.4) is 0 Å². The molecule has 0 aliphatic heterocycles. The van der Waals surface area contributed by atoms with E-state index in [0.717, 1.165) is 48.3 Å².